The molecule has 2 aromatic rings. The zero-order valence-corrected chi connectivity index (χ0v) is 13.6. The number of ether oxygens (including phenoxy) is 2. The first-order valence-electron chi connectivity index (χ1n) is 7.43. The van der Waals surface area contributed by atoms with Gasteiger partial charge < -0.3 is 9.47 Å². The summed E-state index contributed by atoms with van der Waals surface area (Å²) in [6.07, 6.45) is 5.40. The third kappa shape index (κ3) is 5.25. The van der Waals surface area contributed by atoms with E-state index in [9.17, 15) is 9.59 Å². The van der Waals surface area contributed by atoms with Gasteiger partial charge in [-0.05, 0) is 50.3 Å². The van der Waals surface area contributed by atoms with Gasteiger partial charge in [0.15, 0.2) is 0 Å². The van der Waals surface area contributed by atoms with Crippen LogP contribution in [0, 0.1) is 13.8 Å². The molecule has 4 heteroatoms. The van der Waals surface area contributed by atoms with Crippen molar-refractivity contribution in [2.24, 2.45) is 0 Å². The van der Waals surface area contributed by atoms with E-state index in [-0.39, 0.29) is 0 Å². The minimum atomic E-state index is -0.448. The van der Waals surface area contributed by atoms with E-state index in [4.69, 9.17) is 9.47 Å². The maximum absolute atomic E-state index is 11.7. The van der Waals surface area contributed by atoms with E-state index in [1.165, 1.54) is 24.7 Å². The number of carbonyl (C=O) groups is 2. The van der Waals surface area contributed by atoms with Crippen molar-refractivity contribution < 1.29 is 19.1 Å². The van der Waals surface area contributed by atoms with Gasteiger partial charge in [-0.1, -0.05) is 35.4 Å². The lowest BCUT2D eigenvalue weighted by molar-refractivity contribution is 0.0650. The highest BCUT2D eigenvalue weighted by molar-refractivity contribution is 5.90. The summed E-state index contributed by atoms with van der Waals surface area (Å²) in [5.41, 5.74) is 3.08. The molecule has 0 aromatic heterocycles. The monoisotopic (exact) mass is 322 g/mol. The van der Waals surface area contributed by atoms with Crippen LogP contribution in [0.1, 0.15) is 31.8 Å². The average Bonchev–Trinajstić information content (AvgIpc) is 2.58. The van der Waals surface area contributed by atoms with E-state index >= 15 is 0 Å². The molecule has 0 bridgehead atoms. The normalized spacial score (nSPS) is 10.9. The molecule has 4 nitrogen and oxygen atoms in total. The Bertz CT molecular complexity index is 686. The molecule has 0 saturated carbocycles. The highest BCUT2D eigenvalue weighted by Gasteiger charge is 2.04. The molecule has 0 spiro atoms. The van der Waals surface area contributed by atoms with Crippen molar-refractivity contribution in [3.63, 3.8) is 0 Å². The number of benzene rings is 2. The number of rotatable bonds is 5. The molecule has 0 radical (unpaired) electrons. The van der Waals surface area contributed by atoms with Crippen LogP contribution in [-0.2, 0) is 9.47 Å². The molecule has 0 heterocycles. The first kappa shape index (κ1) is 17.2. The highest BCUT2D eigenvalue weighted by atomic mass is 16.5. The summed E-state index contributed by atoms with van der Waals surface area (Å²) in [6.45, 7) is 3.88. The fourth-order valence-corrected chi connectivity index (χ4v) is 1.81. The molecular formula is C20H18O4. The predicted octanol–water partition coefficient (Wildman–Crippen LogP) is 4.34. The van der Waals surface area contributed by atoms with Crippen LogP contribution in [0.5, 0.6) is 0 Å². The van der Waals surface area contributed by atoms with Crippen LogP contribution in [-0.4, -0.2) is 11.9 Å². The van der Waals surface area contributed by atoms with Crippen molar-refractivity contribution in [2.75, 3.05) is 0 Å². The SMILES string of the molecule is Cc1ccc(C(=O)O/C=C/C=C/OC(=O)c2ccc(C)cc2)cc1. The Morgan fingerprint density at radius 2 is 1.00 bits per heavy atom. The summed E-state index contributed by atoms with van der Waals surface area (Å²) in [4.78, 5) is 23.5. The Kier molecular flexibility index (Phi) is 6.08. The maximum Gasteiger partial charge on any atom is 0.342 e. The number of hydrogen-bond donors (Lipinski definition) is 0. The van der Waals surface area contributed by atoms with E-state index < -0.39 is 11.9 Å². The standard InChI is InChI=1S/C20H18O4/c1-15-5-9-17(10-6-15)19(21)23-13-3-4-14-24-20(22)18-11-7-16(2)8-12-18/h3-14H,1-2H3/b13-3+,14-4+. The Morgan fingerprint density at radius 3 is 1.33 bits per heavy atom. The van der Waals surface area contributed by atoms with Crippen molar-refractivity contribution in [3.8, 4) is 0 Å². The van der Waals surface area contributed by atoms with Crippen LogP contribution in [0.25, 0.3) is 0 Å². The Hall–Kier alpha value is -3.14. The van der Waals surface area contributed by atoms with Crippen LogP contribution in [0.3, 0.4) is 0 Å². The first-order valence-corrected chi connectivity index (χ1v) is 7.43. The molecule has 2 rings (SSSR count). The van der Waals surface area contributed by atoms with Crippen LogP contribution in [0.4, 0.5) is 0 Å². The summed E-state index contributed by atoms with van der Waals surface area (Å²) < 4.78 is 9.92. The smallest absolute Gasteiger partial charge is 0.342 e. The van der Waals surface area contributed by atoms with Gasteiger partial charge in [-0.15, -0.1) is 0 Å². The molecule has 0 unspecified atom stereocenters. The Balaban J connectivity index is 1.78. The van der Waals surface area contributed by atoms with Gasteiger partial charge in [0.25, 0.3) is 0 Å². The molecule has 0 saturated heterocycles. The van der Waals surface area contributed by atoms with Crippen molar-refractivity contribution >= 4 is 11.9 Å². The molecule has 0 N–H and O–H groups in total. The van der Waals surface area contributed by atoms with E-state index in [1.54, 1.807) is 24.3 Å². The lowest BCUT2D eigenvalue weighted by Gasteiger charge is -2.00. The van der Waals surface area contributed by atoms with Crippen LogP contribution in [0.15, 0.2) is 73.2 Å². The third-order valence-corrected chi connectivity index (χ3v) is 3.19. The van der Waals surface area contributed by atoms with Crippen molar-refractivity contribution in [3.05, 3.63) is 95.5 Å². The van der Waals surface area contributed by atoms with Gasteiger partial charge in [-0.2, -0.15) is 0 Å². The zero-order chi connectivity index (χ0) is 17.4. The number of esters is 2. The summed E-state index contributed by atoms with van der Waals surface area (Å²) in [6, 6.07) is 14.1. The Labute approximate surface area is 141 Å². The lowest BCUT2D eigenvalue weighted by Crippen LogP contribution is -2.00. The maximum atomic E-state index is 11.7. The number of hydrogen-bond acceptors (Lipinski definition) is 4. The quantitative estimate of drug-likeness (QED) is 0.467. The van der Waals surface area contributed by atoms with Crippen LogP contribution in [0.2, 0.25) is 0 Å². The van der Waals surface area contributed by atoms with Gasteiger partial charge in [0, 0.05) is 0 Å². The molecule has 24 heavy (non-hydrogen) atoms. The van der Waals surface area contributed by atoms with Crippen molar-refractivity contribution in [2.45, 2.75) is 13.8 Å². The van der Waals surface area contributed by atoms with Crippen LogP contribution < -0.4 is 0 Å². The number of allylic oxidation sites excluding steroid dienone is 2. The van der Waals surface area contributed by atoms with Gasteiger partial charge in [0.1, 0.15) is 0 Å². The summed E-state index contributed by atoms with van der Waals surface area (Å²) >= 11 is 0. The summed E-state index contributed by atoms with van der Waals surface area (Å²) in [7, 11) is 0. The molecular weight excluding hydrogens is 304 g/mol. The first-order chi connectivity index (χ1) is 11.6. The number of carbonyl (C=O) groups excluding carboxylic acids is 2. The van der Waals surface area contributed by atoms with Gasteiger partial charge in [-0.25, -0.2) is 9.59 Å². The molecule has 0 aliphatic heterocycles. The predicted molar refractivity (Wildman–Crippen MR) is 91.5 cm³/mol. The fourth-order valence-electron chi connectivity index (χ4n) is 1.81. The molecule has 0 atom stereocenters. The largest absolute Gasteiger partial charge is 0.431 e. The van der Waals surface area contributed by atoms with Crippen molar-refractivity contribution in [1.82, 2.24) is 0 Å². The van der Waals surface area contributed by atoms with Crippen LogP contribution >= 0.6 is 0 Å². The minimum absolute atomic E-state index is 0.448. The third-order valence-electron chi connectivity index (χ3n) is 3.19. The Morgan fingerprint density at radius 1 is 0.667 bits per heavy atom. The van der Waals surface area contributed by atoms with E-state index in [0.717, 1.165) is 11.1 Å². The topological polar surface area (TPSA) is 52.6 Å². The number of aryl methyl sites for hydroxylation is 2. The van der Waals surface area contributed by atoms with Gasteiger partial charge in [0.2, 0.25) is 0 Å². The van der Waals surface area contributed by atoms with E-state index in [0.29, 0.717) is 11.1 Å². The molecule has 122 valence electrons. The zero-order valence-electron chi connectivity index (χ0n) is 13.6. The van der Waals surface area contributed by atoms with Gasteiger partial charge >= 0.3 is 11.9 Å². The second-order valence-corrected chi connectivity index (χ2v) is 5.20. The van der Waals surface area contributed by atoms with Crippen molar-refractivity contribution in [1.29, 1.82) is 0 Å². The summed E-state index contributed by atoms with van der Waals surface area (Å²) in [5, 5.41) is 0. The van der Waals surface area contributed by atoms with E-state index in [2.05, 4.69) is 0 Å². The highest BCUT2D eigenvalue weighted by Crippen LogP contribution is 2.06. The average molecular weight is 322 g/mol. The molecule has 0 amide bonds. The second-order valence-electron chi connectivity index (χ2n) is 5.20. The molecule has 2 aromatic carbocycles. The molecule has 0 fully saturated rings. The summed E-state index contributed by atoms with van der Waals surface area (Å²) in [5.74, 6) is -0.896. The fraction of sp³-hybridized carbons (Fsp3) is 0.100. The second kappa shape index (κ2) is 8.48. The lowest BCUT2D eigenvalue weighted by atomic mass is 10.1. The van der Waals surface area contributed by atoms with E-state index in [1.807, 2.05) is 38.1 Å². The molecule has 0 aliphatic carbocycles. The molecule has 0 aliphatic rings. The minimum Gasteiger partial charge on any atom is -0.431 e. The van der Waals surface area contributed by atoms with Gasteiger partial charge in [-0.3, -0.25) is 0 Å². The van der Waals surface area contributed by atoms with Gasteiger partial charge in [0.05, 0.1) is 23.7 Å².